The monoisotopic (exact) mass is 325 g/mol. The lowest BCUT2D eigenvalue weighted by Crippen LogP contribution is -2.25. The van der Waals surface area contributed by atoms with Gasteiger partial charge in [0, 0.05) is 43.9 Å². The summed E-state index contributed by atoms with van der Waals surface area (Å²) < 4.78 is 7.17. The Morgan fingerprint density at radius 3 is 2.92 bits per heavy atom. The summed E-state index contributed by atoms with van der Waals surface area (Å²) in [4.78, 5) is 20.1. The molecule has 0 aliphatic heterocycles. The Hall–Kier alpha value is -2.96. The molecule has 3 rings (SSSR count). The average molecular weight is 325 g/mol. The van der Waals surface area contributed by atoms with Crippen molar-refractivity contribution in [1.82, 2.24) is 25.0 Å². The quantitative estimate of drug-likeness (QED) is 0.641. The predicted octanol–water partition coefficient (Wildman–Crippen LogP) is 2.07. The van der Waals surface area contributed by atoms with E-state index < -0.39 is 0 Å². The third-order valence-electron chi connectivity index (χ3n) is 3.54. The van der Waals surface area contributed by atoms with E-state index in [0.29, 0.717) is 31.1 Å². The highest BCUT2D eigenvalue weighted by Crippen LogP contribution is 2.15. The number of hydrogen-bond acceptors (Lipinski definition) is 5. The molecule has 24 heavy (non-hydrogen) atoms. The molecule has 0 radical (unpaired) electrons. The van der Waals surface area contributed by atoms with Crippen molar-refractivity contribution in [3.63, 3.8) is 0 Å². The van der Waals surface area contributed by atoms with Crippen LogP contribution in [0.4, 0.5) is 0 Å². The minimum atomic E-state index is -0.0138. The van der Waals surface area contributed by atoms with E-state index in [0.717, 1.165) is 18.5 Å². The summed E-state index contributed by atoms with van der Waals surface area (Å²) in [6.45, 7) is 1.47. The van der Waals surface area contributed by atoms with Gasteiger partial charge in [-0.1, -0.05) is 35.5 Å². The van der Waals surface area contributed by atoms with Crippen molar-refractivity contribution in [3.05, 3.63) is 54.9 Å². The van der Waals surface area contributed by atoms with Gasteiger partial charge < -0.3 is 14.4 Å². The van der Waals surface area contributed by atoms with E-state index in [4.69, 9.17) is 4.52 Å². The highest BCUT2D eigenvalue weighted by atomic mass is 16.5. The van der Waals surface area contributed by atoms with Gasteiger partial charge in [-0.25, -0.2) is 4.98 Å². The summed E-state index contributed by atoms with van der Waals surface area (Å²) in [5.41, 5.74) is 0.899. The van der Waals surface area contributed by atoms with Crippen molar-refractivity contribution >= 4 is 5.91 Å². The van der Waals surface area contributed by atoms with Crippen LogP contribution in [0.3, 0.4) is 0 Å². The fourth-order valence-corrected chi connectivity index (χ4v) is 2.28. The zero-order valence-corrected chi connectivity index (χ0v) is 13.3. The fourth-order valence-electron chi connectivity index (χ4n) is 2.28. The van der Waals surface area contributed by atoms with Gasteiger partial charge in [-0.2, -0.15) is 4.98 Å². The number of amides is 1. The molecule has 0 spiro atoms. The van der Waals surface area contributed by atoms with Crippen LogP contribution >= 0.6 is 0 Å². The second-order valence-electron chi connectivity index (χ2n) is 5.38. The molecule has 2 heterocycles. The first-order chi connectivity index (χ1) is 11.8. The molecule has 0 saturated carbocycles. The van der Waals surface area contributed by atoms with Gasteiger partial charge in [0.05, 0.1) is 6.33 Å². The Kier molecular flexibility index (Phi) is 5.34. The van der Waals surface area contributed by atoms with Gasteiger partial charge in [0.25, 0.3) is 0 Å². The highest BCUT2D eigenvalue weighted by Gasteiger charge is 2.10. The number of nitrogens with zero attached hydrogens (tertiary/aromatic N) is 4. The van der Waals surface area contributed by atoms with Crippen molar-refractivity contribution in [2.75, 3.05) is 6.54 Å². The summed E-state index contributed by atoms with van der Waals surface area (Å²) in [6, 6.07) is 9.61. The van der Waals surface area contributed by atoms with Crippen molar-refractivity contribution in [1.29, 1.82) is 0 Å². The molecule has 1 aromatic carbocycles. The maximum absolute atomic E-state index is 11.8. The Labute approximate surface area is 139 Å². The zero-order chi connectivity index (χ0) is 16.6. The molecule has 0 fully saturated rings. The Balaban J connectivity index is 1.38. The number of carbonyl (C=O) groups is 1. The summed E-state index contributed by atoms with van der Waals surface area (Å²) in [6.07, 6.45) is 7.05. The molecule has 0 bridgehead atoms. The lowest BCUT2D eigenvalue weighted by molar-refractivity contribution is -0.121. The van der Waals surface area contributed by atoms with Crippen LogP contribution in [-0.2, 0) is 17.8 Å². The molecular weight excluding hydrogens is 306 g/mol. The van der Waals surface area contributed by atoms with Crippen molar-refractivity contribution in [2.24, 2.45) is 0 Å². The Morgan fingerprint density at radius 2 is 2.12 bits per heavy atom. The van der Waals surface area contributed by atoms with Gasteiger partial charge in [-0.05, 0) is 6.42 Å². The lowest BCUT2D eigenvalue weighted by Gasteiger charge is -2.04. The van der Waals surface area contributed by atoms with Crippen LogP contribution in [0.5, 0.6) is 0 Å². The minimum absolute atomic E-state index is 0.0138. The van der Waals surface area contributed by atoms with Crippen molar-refractivity contribution < 1.29 is 9.32 Å². The summed E-state index contributed by atoms with van der Waals surface area (Å²) in [5, 5.41) is 6.83. The number of imidazole rings is 1. The van der Waals surface area contributed by atoms with Crippen LogP contribution in [0.25, 0.3) is 11.4 Å². The molecule has 7 heteroatoms. The maximum Gasteiger partial charge on any atom is 0.227 e. The van der Waals surface area contributed by atoms with Gasteiger partial charge in [0.15, 0.2) is 0 Å². The number of rotatable bonds is 8. The molecule has 0 atom stereocenters. The van der Waals surface area contributed by atoms with Crippen LogP contribution in [0, 0.1) is 0 Å². The van der Waals surface area contributed by atoms with Gasteiger partial charge in [0.2, 0.25) is 17.6 Å². The molecule has 1 amide bonds. The smallest absolute Gasteiger partial charge is 0.227 e. The second-order valence-corrected chi connectivity index (χ2v) is 5.38. The standard InChI is InChI=1S/C17H19N5O2/c23-15(19-9-4-11-22-12-10-18-13-22)7-8-16-20-17(21-24-16)14-5-2-1-3-6-14/h1-3,5-6,10,12-13H,4,7-9,11H2,(H,19,23). The van der Waals surface area contributed by atoms with Crippen molar-refractivity contribution in [2.45, 2.75) is 25.8 Å². The van der Waals surface area contributed by atoms with E-state index in [1.54, 1.807) is 12.5 Å². The Bertz CT molecular complexity index is 752. The zero-order valence-electron chi connectivity index (χ0n) is 13.3. The van der Waals surface area contributed by atoms with Crippen molar-refractivity contribution in [3.8, 4) is 11.4 Å². The number of aromatic nitrogens is 4. The molecule has 2 aromatic heterocycles. The number of carbonyl (C=O) groups excluding carboxylic acids is 1. The lowest BCUT2D eigenvalue weighted by atomic mass is 10.2. The molecule has 0 saturated heterocycles. The molecule has 0 unspecified atom stereocenters. The normalized spacial score (nSPS) is 10.7. The second kappa shape index (κ2) is 8.05. The molecule has 0 aliphatic carbocycles. The third-order valence-corrected chi connectivity index (χ3v) is 3.54. The molecule has 1 N–H and O–H groups in total. The summed E-state index contributed by atoms with van der Waals surface area (Å²) in [5.74, 6) is 1.01. The van der Waals surface area contributed by atoms with Gasteiger partial charge in [0.1, 0.15) is 0 Å². The van der Waals surface area contributed by atoms with E-state index in [1.807, 2.05) is 41.1 Å². The van der Waals surface area contributed by atoms with Crippen LogP contribution in [-0.4, -0.2) is 32.1 Å². The number of hydrogen-bond donors (Lipinski definition) is 1. The topological polar surface area (TPSA) is 85.8 Å². The largest absolute Gasteiger partial charge is 0.356 e. The van der Waals surface area contributed by atoms with Gasteiger partial charge >= 0.3 is 0 Å². The number of nitrogens with one attached hydrogen (secondary N) is 1. The van der Waals surface area contributed by atoms with E-state index in [9.17, 15) is 4.79 Å². The Morgan fingerprint density at radius 1 is 1.25 bits per heavy atom. The van der Waals surface area contributed by atoms with Gasteiger partial charge in [-0.3, -0.25) is 4.79 Å². The van der Waals surface area contributed by atoms with E-state index >= 15 is 0 Å². The van der Waals surface area contributed by atoms with E-state index in [2.05, 4.69) is 20.4 Å². The molecule has 124 valence electrons. The number of benzene rings is 1. The summed E-state index contributed by atoms with van der Waals surface area (Å²) >= 11 is 0. The van der Waals surface area contributed by atoms with Crippen LogP contribution in [0.2, 0.25) is 0 Å². The maximum atomic E-state index is 11.8. The fraction of sp³-hybridized carbons (Fsp3) is 0.294. The predicted molar refractivity (Wildman–Crippen MR) is 87.9 cm³/mol. The first kappa shape index (κ1) is 15.9. The molecule has 0 aliphatic rings. The minimum Gasteiger partial charge on any atom is -0.356 e. The van der Waals surface area contributed by atoms with Crippen LogP contribution in [0.15, 0.2) is 53.6 Å². The van der Waals surface area contributed by atoms with Crippen LogP contribution in [0.1, 0.15) is 18.7 Å². The van der Waals surface area contributed by atoms with Gasteiger partial charge in [-0.15, -0.1) is 0 Å². The molecule has 7 nitrogen and oxygen atoms in total. The van der Waals surface area contributed by atoms with E-state index in [1.165, 1.54) is 0 Å². The molecule has 3 aromatic rings. The number of aryl methyl sites for hydroxylation is 2. The first-order valence-electron chi connectivity index (χ1n) is 7.92. The highest BCUT2D eigenvalue weighted by molar-refractivity contribution is 5.75. The van der Waals surface area contributed by atoms with E-state index in [-0.39, 0.29) is 5.91 Å². The SMILES string of the molecule is O=C(CCc1nc(-c2ccccc2)no1)NCCCn1ccnc1. The summed E-state index contributed by atoms with van der Waals surface area (Å²) in [7, 11) is 0. The molecular formula is C17H19N5O2. The van der Waals surface area contributed by atoms with Crippen LogP contribution < -0.4 is 5.32 Å². The average Bonchev–Trinajstić information content (AvgIpc) is 3.29. The first-order valence-corrected chi connectivity index (χ1v) is 7.92. The third kappa shape index (κ3) is 4.52.